The SMILES string of the molecule is CC(C)(C)OC(=O)NC(Cc1ccccc1)C(O)CNCCC#N. The Balaban J connectivity index is 2.67. The van der Waals surface area contributed by atoms with Crippen LogP contribution in [-0.2, 0) is 11.2 Å². The van der Waals surface area contributed by atoms with Gasteiger partial charge in [0.15, 0.2) is 0 Å². The molecular formula is C18H27N3O3. The molecule has 1 aromatic rings. The standard InChI is InChI=1S/C18H27N3O3/c1-18(2,3)24-17(23)21-15(12-14-8-5-4-6-9-14)16(22)13-20-11-7-10-19/h4-6,8-9,15-16,20,22H,7,11-13H2,1-3H3,(H,21,23). The number of carbonyl (C=O) groups excluding carboxylic acids is 1. The molecule has 0 radical (unpaired) electrons. The van der Waals surface area contributed by atoms with Crippen molar-refractivity contribution >= 4 is 6.09 Å². The van der Waals surface area contributed by atoms with Crippen molar-refractivity contribution in [3.05, 3.63) is 35.9 Å². The maximum Gasteiger partial charge on any atom is 0.407 e. The van der Waals surface area contributed by atoms with Crippen molar-refractivity contribution in [3.8, 4) is 6.07 Å². The maximum absolute atomic E-state index is 12.0. The topological polar surface area (TPSA) is 94.4 Å². The molecular weight excluding hydrogens is 306 g/mol. The van der Waals surface area contributed by atoms with Gasteiger partial charge in [0.2, 0.25) is 0 Å². The molecule has 2 atom stereocenters. The number of amides is 1. The zero-order chi connectivity index (χ0) is 18.0. The zero-order valence-electron chi connectivity index (χ0n) is 14.6. The molecule has 132 valence electrons. The number of nitriles is 1. The lowest BCUT2D eigenvalue weighted by Gasteiger charge is -2.27. The summed E-state index contributed by atoms with van der Waals surface area (Å²) in [5.74, 6) is 0. The second-order valence-corrected chi connectivity index (χ2v) is 6.62. The number of alkyl carbamates (subject to hydrolysis) is 1. The number of nitrogens with zero attached hydrogens (tertiary/aromatic N) is 1. The molecule has 6 heteroatoms. The molecule has 24 heavy (non-hydrogen) atoms. The lowest BCUT2D eigenvalue weighted by Crippen LogP contribution is -2.50. The number of hydrogen-bond acceptors (Lipinski definition) is 5. The third-order valence-corrected chi connectivity index (χ3v) is 3.23. The molecule has 0 spiro atoms. The average Bonchev–Trinajstić information content (AvgIpc) is 2.50. The van der Waals surface area contributed by atoms with Crippen LogP contribution in [0.25, 0.3) is 0 Å². The third kappa shape index (κ3) is 8.51. The highest BCUT2D eigenvalue weighted by Gasteiger charge is 2.24. The third-order valence-electron chi connectivity index (χ3n) is 3.23. The summed E-state index contributed by atoms with van der Waals surface area (Å²) < 4.78 is 5.27. The van der Waals surface area contributed by atoms with Crippen LogP contribution in [0.5, 0.6) is 0 Å². The fraction of sp³-hybridized carbons (Fsp3) is 0.556. The predicted octanol–water partition coefficient (Wildman–Crippen LogP) is 1.99. The highest BCUT2D eigenvalue weighted by Crippen LogP contribution is 2.10. The molecule has 0 aliphatic heterocycles. The van der Waals surface area contributed by atoms with Gasteiger partial charge in [-0.25, -0.2) is 4.79 Å². The van der Waals surface area contributed by atoms with Crippen molar-refractivity contribution in [1.82, 2.24) is 10.6 Å². The van der Waals surface area contributed by atoms with Gasteiger partial charge >= 0.3 is 6.09 Å². The number of carbonyl (C=O) groups is 1. The van der Waals surface area contributed by atoms with Crippen molar-refractivity contribution in [3.63, 3.8) is 0 Å². The van der Waals surface area contributed by atoms with Gasteiger partial charge in [0.25, 0.3) is 0 Å². The van der Waals surface area contributed by atoms with E-state index in [-0.39, 0.29) is 6.54 Å². The van der Waals surface area contributed by atoms with E-state index in [1.54, 1.807) is 20.8 Å². The number of aliphatic hydroxyl groups excluding tert-OH is 1. The minimum absolute atomic E-state index is 0.287. The van der Waals surface area contributed by atoms with Crippen LogP contribution in [0, 0.1) is 11.3 Å². The van der Waals surface area contributed by atoms with E-state index in [2.05, 4.69) is 10.6 Å². The Bertz CT molecular complexity index is 535. The van der Waals surface area contributed by atoms with Crippen molar-refractivity contribution in [2.75, 3.05) is 13.1 Å². The number of ether oxygens (including phenoxy) is 1. The molecule has 0 fully saturated rings. The summed E-state index contributed by atoms with van der Waals surface area (Å²) in [5, 5.41) is 24.7. The van der Waals surface area contributed by atoms with Crippen LogP contribution in [0.3, 0.4) is 0 Å². The first-order valence-corrected chi connectivity index (χ1v) is 8.11. The highest BCUT2D eigenvalue weighted by atomic mass is 16.6. The monoisotopic (exact) mass is 333 g/mol. The first-order chi connectivity index (χ1) is 11.3. The van der Waals surface area contributed by atoms with E-state index in [0.29, 0.717) is 19.4 Å². The van der Waals surface area contributed by atoms with E-state index >= 15 is 0 Å². The molecule has 0 bridgehead atoms. The molecule has 0 saturated carbocycles. The molecule has 0 heterocycles. The second kappa shape index (κ2) is 9.91. The molecule has 6 nitrogen and oxygen atoms in total. The molecule has 1 rings (SSSR count). The Labute approximate surface area is 143 Å². The minimum Gasteiger partial charge on any atom is -0.444 e. The molecule has 0 aliphatic rings. The summed E-state index contributed by atoms with van der Waals surface area (Å²) in [6.07, 6.45) is -0.493. The first-order valence-electron chi connectivity index (χ1n) is 8.11. The molecule has 0 aromatic heterocycles. The fourth-order valence-corrected chi connectivity index (χ4v) is 2.15. The van der Waals surface area contributed by atoms with Gasteiger partial charge in [-0.1, -0.05) is 30.3 Å². The summed E-state index contributed by atoms with van der Waals surface area (Å²) >= 11 is 0. The quantitative estimate of drug-likeness (QED) is 0.633. The minimum atomic E-state index is -0.795. The van der Waals surface area contributed by atoms with Gasteiger partial charge < -0.3 is 20.5 Å². The van der Waals surface area contributed by atoms with Gasteiger partial charge in [0, 0.05) is 19.5 Å². The second-order valence-electron chi connectivity index (χ2n) is 6.62. The van der Waals surface area contributed by atoms with Crippen molar-refractivity contribution in [2.45, 2.75) is 51.4 Å². The van der Waals surface area contributed by atoms with Gasteiger partial charge in [0.05, 0.1) is 18.2 Å². The summed E-state index contributed by atoms with van der Waals surface area (Å²) in [6, 6.07) is 11.2. The van der Waals surface area contributed by atoms with Crippen LogP contribution in [-0.4, -0.2) is 42.0 Å². The molecule has 0 saturated heterocycles. The van der Waals surface area contributed by atoms with Gasteiger partial charge in [-0.2, -0.15) is 5.26 Å². The van der Waals surface area contributed by atoms with Crippen LogP contribution < -0.4 is 10.6 Å². The van der Waals surface area contributed by atoms with Crippen LogP contribution in [0.15, 0.2) is 30.3 Å². The number of aliphatic hydroxyl groups is 1. The molecule has 3 N–H and O–H groups in total. The van der Waals surface area contributed by atoms with Gasteiger partial charge in [-0.15, -0.1) is 0 Å². The van der Waals surface area contributed by atoms with Crippen LogP contribution in [0.1, 0.15) is 32.8 Å². The highest BCUT2D eigenvalue weighted by molar-refractivity contribution is 5.68. The Morgan fingerprint density at radius 2 is 2.00 bits per heavy atom. The molecule has 2 unspecified atom stereocenters. The maximum atomic E-state index is 12.0. The largest absolute Gasteiger partial charge is 0.444 e. The Morgan fingerprint density at radius 1 is 1.33 bits per heavy atom. The Kier molecular flexibility index (Phi) is 8.24. The first kappa shape index (κ1) is 19.9. The Hall–Kier alpha value is -2.10. The van der Waals surface area contributed by atoms with Gasteiger partial charge in [-0.05, 0) is 32.8 Å². The van der Waals surface area contributed by atoms with E-state index in [1.165, 1.54) is 0 Å². The van der Waals surface area contributed by atoms with E-state index in [0.717, 1.165) is 5.56 Å². The summed E-state index contributed by atoms with van der Waals surface area (Å²) in [7, 11) is 0. The summed E-state index contributed by atoms with van der Waals surface area (Å²) in [6.45, 7) is 6.16. The van der Waals surface area contributed by atoms with E-state index in [4.69, 9.17) is 10.00 Å². The number of nitrogens with one attached hydrogen (secondary N) is 2. The number of hydrogen-bond donors (Lipinski definition) is 3. The van der Waals surface area contributed by atoms with Gasteiger partial charge in [0.1, 0.15) is 5.60 Å². The fourth-order valence-electron chi connectivity index (χ4n) is 2.15. The van der Waals surface area contributed by atoms with Crippen LogP contribution >= 0.6 is 0 Å². The van der Waals surface area contributed by atoms with Crippen molar-refractivity contribution < 1.29 is 14.6 Å². The van der Waals surface area contributed by atoms with Crippen molar-refractivity contribution in [1.29, 1.82) is 5.26 Å². The normalized spacial score (nSPS) is 13.6. The van der Waals surface area contributed by atoms with E-state index in [9.17, 15) is 9.90 Å². The number of benzene rings is 1. The lowest BCUT2D eigenvalue weighted by atomic mass is 10.0. The Morgan fingerprint density at radius 3 is 2.58 bits per heavy atom. The predicted molar refractivity (Wildman–Crippen MR) is 92.4 cm³/mol. The van der Waals surface area contributed by atoms with E-state index < -0.39 is 23.8 Å². The van der Waals surface area contributed by atoms with Crippen LogP contribution in [0.4, 0.5) is 4.79 Å². The van der Waals surface area contributed by atoms with Crippen LogP contribution in [0.2, 0.25) is 0 Å². The average molecular weight is 333 g/mol. The zero-order valence-corrected chi connectivity index (χ0v) is 14.6. The van der Waals surface area contributed by atoms with E-state index in [1.807, 2.05) is 36.4 Å². The van der Waals surface area contributed by atoms with Gasteiger partial charge in [-0.3, -0.25) is 0 Å². The lowest BCUT2D eigenvalue weighted by molar-refractivity contribution is 0.0423. The molecule has 1 aromatic carbocycles. The van der Waals surface area contributed by atoms with Crippen molar-refractivity contribution in [2.24, 2.45) is 0 Å². The molecule has 0 aliphatic carbocycles. The smallest absolute Gasteiger partial charge is 0.407 e. The summed E-state index contributed by atoms with van der Waals surface area (Å²) in [5.41, 5.74) is 0.409. The number of rotatable bonds is 8. The molecule has 1 amide bonds. The summed E-state index contributed by atoms with van der Waals surface area (Å²) in [4.78, 5) is 12.0.